The third-order valence-corrected chi connectivity index (χ3v) is 5.03. The second kappa shape index (κ2) is 7.88. The summed E-state index contributed by atoms with van der Waals surface area (Å²) in [5.74, 6) is -0.814. The van der Waals surface area contributed by atoms with Crippen LogP contribution in [-0.4, -0.2) is 49.1 Å². The number of non-ortho nitro benzene ring substituents is 1. The molecule has 9 nitrogen and oxygen atoms in total. The fraction of sp³-hybridized carbons (Fsp3) is 0.300. The van der Waals surface area contributed by atoms with Crippen LogP contribution >= 0.6 is 0 Å². The molecular formula is C20H20N4O5. The lowest BCUT2D eigenvalue weighted by Gasteiger charge is -2.29. The lowest BCUT2D eigenvalue weighted by atomic mass is 10.2. The van der Waals surface area contributed by atoms with Gasteiger partial charge in [0.15, 0.2) is 0 Å². The highest BCUT2D eigenvalue weighted by atomic mass is 16.6. The van der Waals surface area contributed by atoms with Gasteiger partial charge < -0.3 is 15.0 Å². The minimum atomic E-state index is -0.712. The van der Waals surface area contributed by atoms with Gasteiger partial charge in [0, 0.05) is 36.6 Å². The number of carbonyl (C=O) groups is 2. The van der Waals surface area contributed by atoms with Crippen LogP contribution in [0.1, 0.15) is 6.42 Å². The van der Waals surface area contributed by atoms with E-state index in [0.717, 1.165) is 29.4 Å². The summed E-state index contributed by atoms with van der Waals surface area (Å²) in [4.78, 5) is 38.8. The smallest absolute Gasteiger partial charge is 0.271 e. The van der Waals surface area contributed by atoms with Gasteiger partial charge in [-0.05, 0) is 30.3 Å². The molecule has 2 saturated heterocycles. The first-order valence-electron chi connectivity index (χ1n) is 9.33. The summed E-state index contributed by atoms with van der Waals surface area (Å²) in [5, 5.41) is 14.1. The summed E-state index contributed by atoms with van der Waals surface area (Å²) in [6.45, 7) is 3.07. The van der Waals surface area contributed by atoms with E-state index in [9.17, 15) is 19.7 Å². The number of amides is 2. The third kappa shape index (κ3) is 3.90. The van der Waals surface area contributed by atoms with Crippen LogP contribution in [0.15, 0.2) is 48.5 Å². The van der Waals surface area contributed by atoms with Crippen LogP contribution in [0, 0.1) is 10.1 Å². The fourth-order valence-electron chi connectivity index (χ4n) is 3.55. The van der Waals surface area contributed by atoms with Gasteiger partial charge in [-0.2, -0.15) is 0 Å². The van der Waals surface area contributed by atoms with E-state index in [4.69, 9.17) is 4.74 Å². The molecule has 1 N–H and O–H groups in total. The first-order chi connectivity index (χ1) is 14.0. The lowest BCUT2D eigenvalue weighted by molar-refractivity contribution is -0.384. The van der Waals surface area contributed by atoms with Crippen molar-refractivity contribution in [2.75, 3.05) is 41.4 Å². The number of benzene rings is 2. The summed E-state index contributed by atoms with van der Waals surface area (Å²) in [5.41, 5.74) is 1.85. The number of hydrogen-bond donors (Lipinski definition) is 1. The van der Waals surface area contributed by atoms with Crippen molar-refractivity contribution in [3.63, 3.8) is 0 Å². The van der Waals surface area contributed by atoms with E-state index in [-0.39, 0.29) is 17.8 Å². The van der Waals surface area contributed by atoms with Gasteiger partial charge in [-0.1, -0.05) is 6.07 Å². The van der Waals surface area contributed by atoms with Crippen molar-refractivity contribution in [3.05, 3.63) is 58.6 Å². The molecule has 0 aliphatic carbocycles. The molecular weight excluding hydrogens is 376 g/mol. The SMILES string of the molecule is O=C1C[C@H](Nc2ccc(N3CCOCC3)cc2)C(=O)N1c1cccc([N+](=O)[O-])c1. The van der Waals surface area contributed by atoms with E-state index >= 15 is 0 Å². The van der Waals surface area contributed by atoms with Gasteiger partial charge in [0.2, 0.25) is 5.91 Å². The van der Waals surface area contributed by atoms with E-state index in [1.54, 1.807) is 0 Å². The van der Waals surface area contributed by atoms with Crippen LogP contribution in [0.2, 0.25) is 0 Å². The minimum Gasteiger partial charge on any atom is -0.378 e. The maximum absolute atomic E-state index is 12.8. The molecule has 2 fully saturated rings. The predicted molar refractivity (Wildman–Crippen MR) is 107 cm³/mol. The molecule has 2 aliphatic rings. The van der Waals surface area contributed by atoms with Gasteiger partial charge in [0.1, 0.15) is 6.04 Å². The molecule has 0 bridgehead atoms. The Balaban J connectivity index is 1.46. The molecule has 150 valence electrons. The number of nitrogens with zero attached hydrogens (tertiary/aromatic N) is 3. The molecule has 2 heterocycles. The zero-order chi connectivity index (χ0) is 20.4. The number of ether oxygens (including phenoxy) is 1. The summed E-state index contributed by atoms with van der Waals surface area (Å²) in [7, 11) is 0. The Morgan fingerprint density at radius 3 is 2.45 bits per heavy atom. The van der Waals surface area contributed by atoms with E-state index in [2.05, 4.69) is 10.2 Å². The van der Waals surface area contributed by atoms with Gasteiger partial charge in [-0.25, -0.2) is 4.90 Å². The molecule has 4 rings (SSSR count). The maximum atomic E-state index is 12.8. The van der Waals surface area contributed by atoms with Crippen molar-refractivity contribution in [1.82, 2.24) is 0 Å². The molecule has 29 heavy (non-hydrogen) atoms. The van der Waals surface area contributed by atoms with E-state index < -0.39 is 22.8 Å². The number of imide groups is 1. The monoisotopic (exact) mass is 396 g/mol. The Morgan fingerprint density at radius 2 is 1.76 bits per heavy atom. The van der Waals surface area contributed by atoms with Crippen LogP contribution in [0.4, 0.5) is 22.7 Å². The molecule has 2 aromatic carbocycles. The van der Waals surface area contributed by atoms with E-state index in [0.29, 0.717) is 13.2 Å². The van der Waals surface area contributed by atoms with Crippen LogP contribution in [0.25, 0.3) is 0 Å². The molecule has 2 aliphatic heterocycles. The zero-order valence-electron chi connectivity index (χ0n) is 15.6. The van der Waals surface area contributed by atoms with Gasteiger partial charge in [-0.3, -0.25) is 19.7 Å². The number of nitrogens with one attached hydrogen (secondary N) is 1. The molecule has 0 unspecified atom stereocenters. The second-order valence-electron chi connectivity index (χ2n) is 6.89. The molecule has 0 radical (unpaired) electrons. The summed E-state index contributed by atoms with van der Waals surface area (Å²) in [6.07, 6.45) is -0.00720. The van der Waals surface area contributed by atoms with Crippen molar-refractivity contribution in [2.24, 2.45) is 0 Å². The van der Waals surface area contributed by atoms with Gasteiger partial charge >= 0.3 is 0 Å². The van der Waals surface area contributed by atoms with Crippen molar-refractivity contribution in [2.45, 2.75) is 12.5 Å². The Labute approximate surface area is 167 Å². The number of rotatable bonds is 5. The topological polar surface area (TPSA) is 105 Å². The van der Waals surface area contributed by atoms with E-state index in [1.165, 1.54) is 24.3 Å². The van der Waals surface area contributed by atoms with Crippen LogP contribution in [0.3, 0.4) is 0 Å². The molecule has 1 atom stereocenters. The lowest BCUT2D eigenvalue weighted by Crippen LogP contribution is -2.36. The minimum absolute atomic E-state index is 0.00720. The molecule has 0 spiro atoms. The largest absolute Gasteiger partial charge is 0.378 e. The Kier molecular flexibility index (Phi) is 5.13. The second-order valence-corrected chi connectivity index (χ2v) is 6.89. The van der Waals surface area contributed by atoms with Crippen LogP contribution < -0.4 is 15.1 Å². The van der Waals surface area contributed by atoms with Crippen molar-refractivity contribution < 1.29 is 19.2 Å². The highest BCUT2D eigenvalue weighted by Gasteiger charge is 2.40. The average Bonchev–Trinajstić information content (AvgIpc) is 3.02. The molecule has 2 aromatic rings. The molecule has 9 heteroatoms. The predicted octanol–water partition coefficient (Wildman–Crippen LogP) is 2.18. The summed E-state index contributed by atoms with van der Waals surface area (Å²) in [6, 6.07) is 12.5. The first kappa shape index (κ1) is 18.9. The number of anilines is 3. The number of carbonyl (C=O) groups excluding carboxylic acids is 2. The van der Waals surface area contributed by atoms with E-state index in [1.807, 2.05) is 24.3 Å². The number of nitro groups is 1. The zero-order valence-corrected chi connectivity index (χ0v) is 15.6. The first-order valence-corrected chi connectivity index (χ1v) is 9.33. The van der Waals surface area contributed by atoms with Crippen molar-refractivity contribution in [1.29, 1.82) is 0 Å². The van der Waals surface area contributed by atoms with Crippen molar-refractivity contribution in [3.8, 4) is 0 Å². The highest BCUT2D eigenvalue weighted by molar-refractivity contribution is 6.23. The molecule has 0 aromatic heterocycles. The third-order valence-electron chi connectivity index (χ3n) is 5.03. The van der Waals surface area contributed by atoms with Gasteiger partial charge in [0.05, 0.1) is 30.2 Å². The highest BCUT2D eigenvalue weighted by Crippen LogP contribution is 2.28. The normalized spacial score (nSPS) is 19.5. The van der Waals surface area contributed by atoms with Crippen molar-refractivity contribution >= 4 is 34.6 Å². The molecule has 2 amide bonds. The Bertz CT molecular complexity index is 940. The molecule has 0 saturated carbocycles. The van der Waals surface area contributed by atoms with Crippen LogP contribution in [-0.2, 0) is 14.3 Å². The average molecular weight is 396 g/mol. The number of nitro benzene ring substituents is 1. The number of hydrogen-bond acceptors (Lipinski definition) is 7. The van der Waals surface area contributed by atoms with Crippen LogP contribution in [0.5, 0.6) is 0 Å². The maximum Gasteiger partial charge on any atom is 0.271 e. The number of morpholine rings is 1. The summed E-state index contributed by atoms with van der Waals surface area (Å²) >= 11 is 0. The Morgan fingerprint density at radius 1 is 1.03 bits per heavy atom. The standard InChI is InChI=1S/C20H20N4O5/c25-19-13-18(20(26)23(19)16-2-1-3-17(12-16)24(27)28)21-14-4-6-15(7-5-14)22-8-10-29-11-9-22/h1-7,12,18,21H,8-11,13H2/t18-/m0/s1. The fourth-order valence-corrected chi connectivity index (χ4v) is 3.55. The van der Waals surface area contributed by atoms with Gasteiger partial charge in [-0.15, -0.1) is 0 Å². The van der Waals surface area contributed by atoms with Gasteiger partial charge in [0.25, 0.3) is 11.6 Å². The summed E-state index contributed by atoms with van der Waals surface area (Å²) < 4.78 is 5.36. The Hall–Kier alpha value is -3.46. The quantitative estimate of drug-likeness (QED) is 0.469.